The summed E-state index contributed by atoms with van der Waals surface area (Å²) in [6.07, 6.45) is 0.562. The monoisotopic (exact) mass is 339 g/mol. The molecule has 5 nitrogen and oxygen atoms in total. The standard InChI is InChI=1S/C20H21NO4/c1-24-16-7-5-6-14(10-16)11-19(22)21-13-15(12-20(23)25-2)17-8-3-4-9-18(17)21/h3-10,15H,11-13H2,1-2H3. The minimum Gasteiger partial charge on any atom is -0.497 e. The lowest BCUT2D eigenvalue weighted by Crippen LogP contribution is -2.31. The first-order valence-electron chi connectivity index (χ1n) is 8.21. The highest BCUT2D eigenvalue weighted by atomic mass is 16.5. The zero-order valence-corrected chi connectivity index (χ0v) is 14.4. The van der Waals surface area contributed by atoms with Crippen molar-refractivity contribution >= 4 is 17.6 Å². The largest absolute Gasteiger partial charge is 0.497 e. The van der Waals surface area contributed by atoms with Crippen LogP contribution in [0.1, 0.15) is 23.5 Å². The van der Waals surface area contributed by atoms with Crippen LogP contribution in [0.3, 0.4) is 0 Å². The van der Waals surface area contributed by atoms with Crippen molar-refractivity contribution < 1.29 is 19.1 Å². The van der Waals surface area contributed by atoms with Crippen LogP contribution in [0.15, 0.2) is 48.5 Å². The Bertz CT molecular complexity index is 787. The average molecular weight is 339 g/mol. The van der Waals surface area contributed by atoms with Crippen LogP contribution in [0.2, 0.25) is 0 Å². The molecule has 5 heteroatoms. The van der Waals surface area contributed by atoms with Crippen molar-refractivity contribution in [3.8, 4) is 5.75 Å². The quantitative estimate of drug-likeness (QED) is 0.786. The predicted molar refractivity (Wildman–Crippen MR) is 94.9 cm³/mol. The fourth-order valence-electron chi connectivity index (χ4n) is 3.24. The van der Waals surface area contributed by atoms with Crippen LogP contribution < -0.4 is 9.64 Å². The summed E-state index contributed by atoms with van der Waals surface area (Å²) in [5, 5.41) is 0. The van der Waals surface area contributed by atoms with E-state index >= 15 is 0 Å². The molecule has 0 aromatic heterocycles. The van der Waals surface area contributed by atoms with E-state index in [9.17, 15) is 9.59 Å². The van der Waals surface area contributed by atoms with Crippen molar-refractivity contribution in [2.45, 2.75) is 18.8 Å². The molecule has 130 valence electrons. The van der Waals surface area contributed by atoms with E-state index in [-0.39, 0.29) is 30.6 Å². The number of esters is 1. The van der Waals surface area contributed by atoms with Crippen molar-refractivity contribution in [2.75, 3.05) is 25.7 Å². The molecule has 0 aliphatic carbocycles. The molecule has 0 radical (unpaired) electrons. The number of para-hydroxylation sites is 1. The minimum atomic E-state index is -0.262. The number of ether oxygens (including phenoxy) is 2. The Morgan fingerprint density at radius 3 is 2.68 bits per heavy atom. The maximum atomic E-state index is 12.8. The van der Waals surface area contributed by atoms with E-state index in [2.05, 4.69) is 0 Å². The molecular formula is C20H21NO4. The van der Waals surface area contributed by atoms with Gasteiger partial charge >= 0.3 is 5.97 Å². The highest BCUT2D eigenvalue weighted by Gasteiger charge is 2.33. The van der Waals surface area contributed by atoms with Crippen molar-refractivity contribution in [2.24, 2.45) is 0 Å². The summed E-state index contributed by atoms with van der Waals surface area (Å²) in [6, 6.07) is 15.2. The van der Waals surface area contributed by atoms with Crippen molar-refractivity contribution in [1.29, 1.82) is 0 Å². The molecule has 0 spiro atoms. The van der Waals surface area contributed by atoms with E-state index in [1.165, 1.54) is 7.11 Å². The van der Waals surface area contributed by atoms with E-state index in [1.807, 2.05) is 48.5 Å². The van der Waals surface area contributed by atoms with E-state index in [0.29, 0.717) is 6.54 Å². The number of hydrogen-bond acceptors (Lipinski definition) is 4. The molecule has 1 atom stereocenters. The maximum Gasteiger partial charge on any atom is 0.306 e. The Kier molecular flexibility index (Phi) is 5.03. The molecule has 1 unspecified atom stereocenters. The number of carbonyl (C=O) groups excluding carboxylic acids is 2. The lowest BCUT2D eigenvalue weighted by molar-refractivity contribution is -0.141. The summed E-state index contributed by atoms with van der Waals surface area (Å²) in [5.41, 5.74) is 2.80. The van der Waals surface area contributed by atoms with E-state index in [1.54, 1.807) is 12.0 Å². The smallest absolute Gasteiger partial charge is 0.306 e. The van der Waals surface area contributed by atoms with Gasteiger partial charge in [0.25, 0.3) is 0 Å². The van der Waals surface area contributed by atoms with Gasteiger partial charge in [-0.05, 0) is 29.3 Å². The Hall–Kier alpha value is -2.82. The summed E-state index contributed by atoms with van der Waals surface area (Å²) >= 11 is 0. The van der Waals surface area contributed by atoms with Crippen LogP contribution >= 0.6 is 0 Å². The summed E-state index contributed by atoms with van der Waals surface area (Å²) < 4.78 is 10.0. The van der Waals surface area contributed by atoms with Gasteiger partial charge in [-0.15, -0.1) is 0 Å². The summed E-state index contributed by atoms with van der Waals surface area (Å²) in [6.45, 7) is 0.497. The average Bonchev–Trinajstić information content (AvgIpc) is 3.00. The summed E-state index contributed by atoms with van der Waals surface area (Å²) in [5.74, 6) is 0.448. The number of methoxy groups -OCH3 is 2. The molecule has 0 fully saturated rings. The second-order valence-corrected chi connectivity index (χ2v) is 6.07. The fourth-order valence-corrected chi connectivity index (χ4v) is 3.24. The van der Waals surface area contributed by atoms with Gasteiger partial charge in [-0.1, -0.05) is 30.3 Å². The molecule has 0 saturated heterocycles. The van der Waals surface area contributed by atoms with Gasteiger partial charge in [0.15, 0.2) is 0 Å². The zero-order chi connectivity index (χ0) is 17.8. The normalized spacial score (nSPS) is 15.6. The van der Waals surface area contributed by atoms with Gasteiger partial charge in [0.2, 0.25) is 5.91 Å². The second-order valence-electron chi connectivity index (χ2n) is 6.07. The lowest BCUT2D eigenvalue weighted by atomic mass is 9.98. The molecule has 25 heavy (non-hydrogen) atoms. The summed E-state index contributed by atoms with van der Waals surface area (Å²) in [4.78, 5) is 26.3. The molecule has 0 bridgehead atoms. The Morgan fingerprint density at radius 1 is 1.12 bits per heavy atom. The minimum absolute atomic E-state index is 0.00747. The van der Waals surface area contributed by atoms with Gasteiger partial charge in [-0.3, -0.25) is 9.59 Å². The van der Waals surface area contributed by atoms with Crippen molar-refractivity contribution in [3.63, 3.8) is 0 Å². The Balaban J connectivity index is 1.79. The Labute approximate surface area is 147 Å². The van der Waals surface area contributed by atoms with Crippen LogP contribution in [-0.4, -0.2) is 32.6 Å². The third kappa shape index (κ3) is 3.65. The molecule has 1 heterocycles. The third-order valence-electron chi connectivity index (χ3n) is 4.50. The van der Waals surface area contributed by atoms with Crippen LogP contribution in [0, 0.1) is 0 Å². The van der Waals surface area contributed by atoms with Gasteiger partial charge in [0.05, 0.1) is 27.1 Å². The molecule has 1 aliphatic rings. The van der Waals surface area contributed by atoms with Crippen LogP contribution in [0.4, 0.5) is 5.69 Å². The topological polar surface area (TPSA) is 55.8 Å². The van der Waals surface area contributed by atoms with Crippen LogP contribution in [0.5, 0.6) is 5.75 Å². The molecule has 3 rings (SSSR count). The summed E-state index contributed by atoms with van der Waals surface area (Å²) in [7, 11) is 2.99. The predicted octanol–water partition coefficient (Wildman–Crippen LogP) is 2.93. The number of hydrogen-bond donors (Lipinski definition) is 0. The van der Waals surface area contributed by atoms with Crippen molar-refractivity contribution in [1.82, 2.24) is 0 Å². The molecule has 1 amide bonds. The molecular weight excluding hydrogens is 318 g/mol. The first-order chi connectivity index (χ1) is 12.1. The van der Waals surface area contributed by atoms with E-state index < -0.39 is 0 Å². The maximum absolute atomic E-state index is 12.8. The first-order valence-corrected chi connectivity index (χ1v) is 8.21. The number of nitrogens with zero attached hydrogens (tertiary/aromatic N) is 1. The van der Waals surface area contributed by atoms with Gasteiger partial charge in [0.1, 0.15) is 5.75 Å². The Morgan fingerprint density at radius 2 is 1.92 bits per heavy atom. The fraction of sp³-hybridized carbons (Fsp3) is 0.300. The van der Waals surface area contributed by atoms with Gasteiger partial charge < -0.3 is 14.4 Å². The van der Waals surface area contributed by atoms with Crippen molar-refractivity contribution in [3.05, 3.63) is 59.7 Å². The second kappa shape index (κ2) is 7.38. The molecule has 0 N–H and O–H groups in total. The highest BCUT2D eigenvalue weighted by Crippen LogP contribution is 2.38. The van der Waals surface area contributed by atoms with Gasteiger partial charge in [-0.25, -0.2) is 0 Å². The number of fused-ring (bicyclic) bond motifs is 1. The van der Waals surface area contributed by atoms with E-state index in [0.717, 1.165) is 22.6 Å². The SMILES string of the molecule is COC(=O)CC1CN(C(=O)Cc2cccc(OC)c2)c2ccccc21. The van der Waals surface area contributed by atoms with Gasteiger partial charge in [-0.2, -0.15) is 0 Å². The molecule has 2 aromatic rings. The number of benzene rings is 2. The molecule has 1 aliphatic heterocycles. The van der Waals surface area contributed by atoms with Crippen LogP contribution in [0.25, 0.3) is 0 Å². The molecule has 2 aromatic carbocycles. The number of carbonyl (C=O) groups is 2. The first kappa shape index (κ1) is 17.0. The zero-order valence-electron chi connectivity index (χ0n) is 14.4. The number of anilines is 1. The third-order valence-corrected chi connectivity index (χ3v) is 4.50. The van der Waals surface area contributed by atoms with E-state index in [4.69, 9.17) is 9.47 Å². The lowest BCUT2D eigenvalue weighted by Gasteiger charge is -2.18. The highest BCUT2D eigenvalue weighted by molar-refractivity contribution is 5.97. The van der Waals surface area contributed by atoms with Crippen LogP contribution in [-0.2, 0) is 20.7 Å². The van der Waals surface area contributed by atoms with Gasteiger partial charge in [0, 0.05) is 18.2 Å². The number of amides is 1. The number of rotatable bonds is 5. The molecule has 0 saturated carbocycles.